The molecule has 4 aromatic carbocycles. The fraction of sp³-hybridized carbons (Fsp3) is 0.219. The minimum atomic E-state index is -4.10. The van der Waals surface area contributed by atoms with Gasteiger partial charge in [-0.1, -0.05) is 50.2 Å². The summed E-state index contributed by atoms with van der Waals surface area (Å²) in [5, 5.41) is 0. The summed E-state index contributed by atoms with van der Waals surface area (Å²) in [5.41, 5.74) is 1.99. The third kappa shape index (κ3) is 6.78. The fourth-order valence-corrected chi connectivity index (χ4v) is 5.45. The number of rotatable bonds is 10. The van der Waals surface area contributed by atoms with Crippen molar-refractivity contribution in [2.24, 2.45) is 14.1 Å². The van der Waals surface area contributed by atoms with Crippen LogP contribution in [0, 0.1) is 0 Å². The number of benzene rings is 4. The van der Waals surface area contributed by atoms with Crippen molar-refractivity contribution in [1.29, 1.82) is 0 Å². The molecule has 0 unspecified atom stereocenters. The molecule has 0 aliphatic carbocycles. The number of sulfonamides is 1. The van der Waals surface area contributed by atoms with Crippen molar-refractivity contribution >= 4 is 26.7 Å². The van der Waals surface area contributed by atoms with E-state index in [0.29, 0.717) is 34.9 Å². The van der Waals surface area contributed by atoms with E-state index in [9.17, 15) is 13.2 Å². The summed E-state index contributed by atoms with van der Waals surface area (Å²) in [6.07, 6.45) is 0. The smallest absolute Gasteiger partial charge is 0.328 e. The maximum atomic E-state index is 13.5. The second-order valence-electron chi connectivity index (χ2n) is 9.21. The van der Waals surface area contributed by atoms with Gasteiger partial charge in [-0.15, -0.1) is 0 Å². The van der Waals surface area contributed by atoms with Gasteiger partial charge < -0.3 is 18.9 Å². The molecule has 0 amide bonds. The molecular formula is C32H35N3O7S. The van der Waals surface area contributed by atoms with E-state index < -0.39 is 10.0 Å². The van der Waals surface area contributed by atoms with E-state index in [1.54, 1.807) is 50.5 Å². The number of methoxy groups -OCH3 is 2. The van der Waals surface area contributed by atoms with Crippen molar-refractivity contribution < 1.29 is 27.4 Å². The zero-order chi connectivity index (χ0) is 31.1. The number of nitrogens with one attached hydrogen (secondary N) is 1. The van der Waals surface area contributed by atoms with Crippen molar-refractivity contribution in [2.75, 3.05) is 18.9 Å². The molecule has 5 rings (SSSR count). The molecule has 0 bridgehead atoms. The third-order valence-corrected chi connectivity index (χ3v) is 7.93. The number of hydrogen-bond acceptors (Lipinski definition) is 7. The summed E-state index contributed by atoms with van der Waals surface area (Å²) in [7, 11) is 2.05. The van der Waals surface area contributed by atoms with Crippen LogP contribution >= 0.6 is 0 Å². The van der Waals surface area contributed by atoms with Crippen LogP contribution in [0.25, 0.3) is 11.0 Å². The highest BCUT2D eigenvalue weighted by Crippen LogP contribution is 2.37. The number of fused-ring (bicyclic) bond motifs is 1. The van der Waals surface area contributed by atoms with Gasteiger partial charge in [0.25, 0.3) is 10.0 Å². The molecule has 0 atom stereocenters. The predicted molar refractivity (Wildman–Crippen MR) is 167 cm³/mol. The molecule has 10 nitrogen and oxygen atoms in total. The standard InChI is InChI=1S/C30H29N3O7S.C2H6/c1-32-25-17-24(31-41(35,36)23-13-14-27(37-3)29(16-23)38-4)28(18-26(25)33(2)30(32)34)40-22-12-8-11-21(15-22)39-19-20-9-6-5-7-10-20;1-2/h5-18,31H,19H2,1-4H3;1-2H3. The number of ether oxygens (including phenoxy) is 4. The van der Waals surface area contributed by atoms with Crippen LogP contribution in [0.3, 0.4) is 0 Å². The zero-order valence-corrected chi connectivity index (χ0v) is 25.8. The summed E-state index contributed by atoms with van der Waals surface area (Å²) in [6, 6.07) is 24.3. The Bertz CT molecular complexity index is 1880. The van der Waals surface area contributed by atoms with Crippen molar-refractivity contribution in [3.05, 3.63) is 101 Å². The highest BCUT2D eigenvalue weighted by atomic mass is 32.2. The van der Waals surface area contributed by atoms with E-state index in [2.05, 4.69) is 4.72 Å². The van der Waals surface area contributed by atoms with Crippen LogP contribution < -0.4 is 29.4 Å². The SMILES string of the molecule is CC.COc1ccc(S(=O)(=O)Nc2cc3c(cc2Oc2cccc(OCc4ccccc4)c2)n(C)c(=O)n3C)cc1OC. The second kappa shape index (κ2) is 13.4. The normalized spacial score (nSPS) is 10.9. The molecule has 0 saturated heterocycles. The summed E-state index contributed by atoms with van der Waals surface area (Å²) >= 11 is 0. The summed E-state index contributed by atoms with van der Waals surface area (Å²) < 4.78 is 55.1. The molecule has 5 aromatic rings. The first-order valence-corrected chi connectivity index (χ1v) is 15.1. The topological polar surface area (TPSA) is 110 Å². The first-order chi connectivity index (χ1) is 20.7. The van der Waals surface area contributed by atoms with E-state index >= 15 is 0 Å². The molecule has 0 saturated carbocycles. The lowest BCUT2D eigenvalue weighted by Crippen LogP contribution is -2.19. The lowest BCUT2D eigenvalue weighted by Gasteiger charge is -2.16. The fourth-order valence-electron chi connectivity index (χ4n) is 4.37. The molecule has 1 heterocycles. The number of imidazole rings is 1. The van der Waals surface area contributed by atoms with Gasteiger partial charge in [0.2, 0.25) is 0 Å². The Morgan fingerprint density at radius 1 is 0.721 bits per heavy atom. The summed E-state index contributed by atoms with van der Waals surface area (Å²) in [4.78, 5) is 12.6. The molecule has 0 spiro atoms. The molecule has 0 radical (unpaired) electrons. The Morgan fingerprint density at radius 2 is 1.37 bits per heavy atom. The van der Waals surface area contributed by atoms with Crippen molar-refractivity contribution in [1.82, 2.24) is 9.13 Å². The summed E-state index contributed by atoms with van der Waals surface area (Å²) in [5.74, 6) is 1.85. The first-order valence-electron chi connectivity index (χ1n) is 13.6. The molecule has 11 heteroatoms. The number of anilines is 1. The van der Waals surface area contributed by atoms with Gasteiger partial charge in [-0.2, -0.15) is 0 Å². The Labute approximate surface area is 251 Å². The Balaban J connectivity index is 0.00000207. The highest BCUT2D eigenvalue weighted by molar-refractivity contribution is 7.92. The highest BCUT2D eigenvalue weighted by Gasteiger charge is 2.22. The van der Waals surface area contributed by atoms with E-state index in [0.717, 1.165) is 5.56 Å². The first kappa shape index (κ1) is 31.0. The van der Waals surface area contributed by atoms with Gasteiger partial charge in [-0.3, -0.25) is 13.9 Å². The second-order valence-corrected chi connectivity index (χ2v) is 10.9. The average molecular weight is 606 g/mol. The maximum Gasteiger partial charge on any atom is 0.328 e. The number of hydrogen-bond donors (Lipinski definition) is 1. The van der Waals surface area contributed by atoms with E-state index in [4.69, 9.17) is 18.9 Å². The molecule has 1 aromatic heterocycles. The van der Waals surface area contributed by atoms with Gasteiger partial charge in [0, 0.05) is 32.3 Å². The van der Waals surface area contributed by atoms with E-state index in [-0.39, 0.29) is 27.8 Å². The van der Waals surface area contributed by atoms with Gasteiger partial charge in [-0.25, -0.2) is 13.2 Å². The number of aromatic nitrogens is 2. The molecule has 43 heavy (non-hydrogen) atoms. The van der Waals surface area contributed by atoms with Crippen molar-refractivity contribution in [3.8, 4) is 28.7 Å². The summed E-state index contributed by atoms with van der Waals surface area (Å²) in [6.45, 7) is 4.37. The molecule has 0 fully saturated rings. The Kier molecular flexibility index (Phi) is 9.66. The molecular weight excluding hydrogens is 570 g/mol. The average Bonchev–Trinajstić information content (AvgIpc) is 3.24. The number of nitrogens with zero attached hydrogens (tertiary/aromatic N) is 2. The van der Waals surface area contributed by atoms with E-state index in [1.807, 2.05) is 44.2 Å². The minimum Gasteiger partial charge on any atom is -0.493 e. The Morgan fingerprint density at radius 3 is 2.05 bits per heavy atom. The van der Waals surface area contributed by atoms with Gasteiger partial charge in [0.05, 0.1) is 35.8 Å². The van der Waals surface area contributed by atoms with Crippen LogP contribution in [0.15, 0.2) is 94.6 Å². The van der Waals surface area contributed by atoms with Crippen LogP contribution in [0.2, 0.25) is 0 Å². The maximum absolute atomic E-state index is 13.5. The van der Waals surface area contributed by atoms with Gasteiger partial charge in [0.15, 0.2) is 17.2 Å². The van der Waals surface area contributed by atoms with Gasteiger partial charge in [-0.05, 0) is 35.9 Å². The minimum absolute atomic E-state index is 0.0422. The molecule has 1 N–H and O–H groups in total. The third-order valence-electron chi connectivity index (χ3n) is 6.56. The largest absolute Gasteiger partial charge is 0.493 e. The molecule has 0 aliphatic rings. The van der Waals surface area contributed by atoms with Crippen LogP contribution in [-0.2, 0) is 30.7 Å². The van der Waals surface area contributed by atoms with Gasteiger partial charge in [0.1, 0.15) is 18.1 Å². The van der Waals surface area contributed by atoms with E-state index in [1.165, 1.54) is 41.6 Å². The quantitative estimate of drug-likeness (QED) is 0.205. The van der Waals surface area contributed by atoms with Crippen LogP contribution in [0.1, 0.15) is 19.4 Å². The predicted octanol–water partition coefficient (Wildman–Crippen LogP) is 6.09. The van der Waals surface area contributed by atoms with Crippen LogP contribution in [0.4, 0.5) is 5.69 Å². The number of aryl methyl sites for hydroxylation is 2. The zero-order valence-electron chi connectivity index (χ0n) is 25.0. The lowest BCUT2D eigenvalue weighted by atomic mass is 10.2. The van der Waals surface area contributed by atoms with Gasteiger partial charge >= 0.3 is 5.69 Å². The molecule has 226 valence electrons. The van der Waals surface area contributed by atoms with Crippen molar-refractivity contribution in [2.45, 2.75) is 25.3 Å². The lowest BCUT2D eigenvalue weighted by molar-refractivity contribution is 0.304. The van der Waals surface area contributed by atoms with Crippen LogP contribution in [-0.4, -0.2) is 31.8 Å². The van der Waals surface area contributed by atoms with Crippen LogP contribution in [0.5, 0.6) is 28.7 Å². The van der Waals surface area contributed by atoms with Crippen molar-refractivity contribution in [3.63, 3.8) is 0 Å². The Hall–Kier alpha value is -4.90. The molecule has 0 aliphatic heterocycles. The monoisotopic (exact) mass is 605 g/mol.